The van der Waals surface area contributed by atoms with Crippen LogP contribution in [0.1, 0.15) is 45.0 Å². The molecule has 0 radical (unpaired) electrons. The molecule has 38 heavy (non-hydrogen) atoms. The van der Waals surface area contributed by atoms with Crippen molar-refractivity contribution in [3.63, 3.8) is 0 Å². The first-order valence-corrected chi connectivity index (χ1v) is 12.6. The molecule has 3 N–H and O–H groups in total. The lowest BCUT2D eigenvalue weighted by Crippen LogP contribution is -2.48. The molecule has 1 atom stereocenters. The summed E-state index contributed by atoms with van der Waals surface area (Å²) in [5, 5.41) is 15.1. The summed E-state index contributed by atoms with van der Waals surface area (Å²) in [7, 11) is 0. The quantitative estimate of drug-likeness (QED) is 0.268. The minimum absolute atomic E-state index is 0.151. The second-order valence-corrected chi connectivity index (χ2v) is 9.06. The average Bonchev–Trinajstić information content (AvgIpc) is 2.96. The van der Waals surface area contributed by atoms with Crippen LogP contribution in [-0.4, -0.2) is 28.9 Å². The second kappa shape index (κ2) is 13.0. The normalized spacial score (nSPS) is 11.5. The van der Waals surface area contributed by atoms with E-state index < -0.39 is 17.9 Å². The van der Waals surface area contributed by atoms with Crippen LogP contribution in [-0.2, 0) is 22.6 Å². The zero-order valence-corrected chi connectivity index (χ0v) is 20.9. The number of carboxylic acid groups (broad SMARTS) is 1. The minimum atomic E-state index is -1.03. The third-order valence-corrected chi connectivity index (χ3v) is 6.37. The maximum atomic E-state index is 13.7. The summed E-state index contributed by atoms with van der Waals surface area (Å²) < 4.78 is 0. The Kier molecular flexibility index (Phi) is 9.03. The van der Waals surface area contributed by atoms with Crippen molar-refractivity contribution in [2.45, 2.75) is 31.3 Å². The molecule has 6 nitrogen and oxygen atoms in total. The Morgan fingerprint density at radius 1 is 0.658 bits per heavy atom. The maximum Gasteiger partial charge on any atom is 0.335 e. The highest BCUT2D eigenvalue weighted by atomic mass is 16.4. The second-order valence-electron chi connectivity index (χ2n) is 9.06. The van der Waals surface area contributed by atoms with Crippen LogP contribution in [0, 0.1) is 0 Å². The number of carboxylic acids is 1. The molecule has 0 spiro atoms. The van der Waals surface area contributed by atoms with Crippen molar-refractivity contribution in [1.82, 2.24) is 10.6 Å². The van der Waals surface area contributed by atoms with Gasteiger partial charge in [-0.15, -0.1) is 0 Å². The van der Waals surface area contributed by atoms with Gasteiger partial charge in [0.05, 0.1) is 11.5 Å². The lowest BCUT2D eigenvalue weighted by molar-refractivity contribution is -0.129. The summed E-state index contributed by atoms with van der Waals surface area (Å²) in [4.78, 5) is 38.4. The molecule has 0 heterocycles. The average molecular weight is 507 g/mol. The van der Waals surface area contributed by atoms with Gasteiger partial charge in [-0.3, -0.25) is 9.59 Å². The van der Waals surface area contributed by atoms with Gasteiger partial charge < -0.3 is 15.7 Å². The van der Waals surface area contributed by atoms with E-state index in [4.69, 9.17) is 0 Å². The van der Waals surface area contributed by atoms with Gasteiger partial charge in [0.15, 0.2) is 0 Å². The summed E-state index contributed by atoms with van der Waals surface area (Å²) in [5.41, 5.74) is 3.56. The molecule has 6 heteroatoms. The SMILES string of the molecule is O=C(O)c1cccc(CNC(=O)C(CCc2ccccc2)NC(=O)C(c2ccccc2)c2ccccc2)c1. The molecule has 0 aromatic heterocycles. The van der Waals surface area contributed by atoms with E-state index in [2.05, 4.69) is 10.6 Å². The molecule has 4 aromatic carbocycles. The molecular formula is C32H30N2O4. The molecule has 4 rings (SSSR count). The highest BCUT2D eigenvalue weighted by molar-refractivity contribution is 5.92. The van der Waals surface area contributed by atoms with Gasteiger partial charge in [0.1, 0.15) is 6.04 Å². The van der Waals surface area contributed by atoms with Crippen LogP contribution in [0.3, 0.4) is 0 Å². The van der Waals surface area contributed by atoms with Gasteiger partial charge in [0, 0.05) is 6.54 Å². The van der Waals surface area contributed by atoms with Crippen molar-refractivity contribution in [3.05, 3.63) is 143 Å². The first kappa shape index (κ1) is 26.4. The number of carbonyl (C=O) groups excluding carboxylic acids is 2. The van der Waals surface area contributed by atoms with Crippen LogP contribution in [0.25, 0.3) is 0 Å². The lowest BCUT2D eigenvalue weighted by atomic mass is 9.90. The Balaban J connectivity index is 1.54. The molecule has 192 valence electrons. The zero-order valence-electron chi connectivity index (χ0n) is 20.9. The molecule has 0 fully saturated rings. The van der Waals surface area contributed by atoms with Gasteiger partial charge in [-0.2, -0.15) is 0 Å². The van der Waals surface area contributed by atoms with Crippen molar-refractivity contribution in [3.8, 4) is 0 Å². The van der Waals surface area contributed by atoms with Crippen LogP contribution in [0.2, 0.25) is 0 Å². The molecule has 0 saturated heterocycles. The number of aryl methyl sites for hydroxylation is 1. The van der Waals surface area contributed by atoms with E-state index in [0.29, 0.717) is 18.4 Å². The maximum absolute atomic E-state index is 13.7. The topological polar surface area (TPSA) is 95.5 Å². The Morgan fingerprint density at radius 3 is 1.79 bits per heavy atom. The number of benzene rings is 4. The predicted molar refractivity (Wildman–Crippen MR) is 147 cm³/mol. The van der Waals surface area contributed by atoms with Gasteiger partial charge in [-0.25, -0.2) is 4.79 Å². The van der Waals surface area contributed by atoms with E-state index in [-0.39, 0.29) is 23.9 Å². The van der Waals surface area contributed by atoms with Crippen molar-refractivity contribution in [2.24, 2.45) is 0 Å². The van der Waals surface area contributed by atoms with E-state index >= 15 is 0 Å². The largest absolute Gasteiger partial charge is 0.478 e. The van der Waals surface area contributed by atoms with Gasteiger partial charge in [0.25, 0.3) is 0 Å². The van der Waals surface area contributed by atoms with Gasteiger partial charge >= 0.3 is 5.97 Å². The minimum Gasteiger partial charge on any atom is -0.478 e. The summed E-state index contributed by atoms with van der Waals surface area (Å²) in [5.74, 6) is -2.19. The predicted octanol–water partition coefficient (Wildman–Crippen LogP) is 4.95. The van der Waals surface area contributed by atoms with E-state index in [1.165, 1.54) is 12.1 Å². The van der Waals surface area contributed by atoms with Crippen LogP contribution >= 0.6 is 0 Å². The monoisotopic (exact) mass is 506 g/mol. The van der Waals surface area contributed by atoms with E-state index in [0.717, 1.165) is 16.7 Å². The summed E-state index contributed by atoms with van der Waals surface area (Å²) >= 11 is 0. The molecule has 0 aliphatic carbocycles. The van der Waals surface area contributed by atoms with Crippen LogP contribution in [0.4, 0.5) is 0 Å². The van der Waals surface area contributed by atoms with E-state index in [9.17, 15) is 19.5 Å². The molecule has 0 saturated carbocycles. The van der Waals surface area contributed by atoms with E-state index in [1.54, 1.807) is 12.1 Å². The van der Waals surface area contributed by atoms with Gasteiger partial charge in [-0.1, -0.05) is 103 Å². The van der Waals surface area contributed by atoms with Crippen molar-refractivity contribution in [1.29, 1.82) is 0 Å². The Labute approximate surface area is 222 Å². The Bertz CT molecular complexity index is 1320. The highest BCUT2D eigenvalue weighted by Crippen LogP contribution is 2.25. The van der Waals surface area contributed by atoms with Crippen LogP contribution in [0.5, 0.6) is 0 Å². The highest BCUT2D eigenvalue weighted by Gasteiger charge is 2.27. The number of rotatable bonds is 11. The lowest BCUT2D eigenvalue weighted by Gasteiger charge is -2.23. The van der Waals surface area contributed by atoms with Gasteiger partial charge in [0.2, 0.25) is 11.8 Å². The molecule has 0 bridgehead atoms. The van der Waals surface area contributed by atoms with Crippen LogP contribution in [0.15, 0.2) is 115 Å². The molecule has 2 amide bonds. The fourth-order valence-corrected chi connectivity index (χ4v) is 4.39. The fourth-order valence-electron chi connectivity index (χ4n) is 4.39. The summed E-state index contributed by atoms with van der Waals surface area (Å²) in [6.07, 6.45) is 1.02. The third kappa shape index (κ3) is 7.17. The number of aromatic carboxylic acids is 1. The van der Waals surface area contributed by atoms with Gasteiger partial charge in [-0.05, 0) is 47.2 Å². The smallest absolute Gasteiger partial charge is 0.335 e. The molecule has 0 aliphatic rings. The Hall–Kier alpha value is -4.71. The molecular weight excluding hydrogens is 476 g/mol. The number of amides is 2. The summed E-state index contributed by atoms with van der Waals surface area (Å²) in [6, 6.07) is 34.5. The van der Waals surface area contributed by atoms with Crippen LogP contribution < -0.4 is 10.6 Å². The number of nitrogens with one attached hydrogen (secondary N) is 2. The molecule has 4 aromatic rings. The number of hydrogen-bond donors (Lipinski definition) is 3. The fraction of sp³-hybridized carbons (Fsp3) is 0.156. The van der Waals surface area contributed by atoms with Crippen molar-refractivity contribution >= 4 is 17.8 Å². The summed E-state index contributed by atoms with van der Waals surface area (Å²) in [6.45, 7) is 0.151. The molecule has 1 unspecified atom stereocenters. The first-order chi connectivity index (χ1) is 18.5. The Morgan fingerprint density at radius 2 is 1.21 bits per heavy atom. The van der Waals surface area contributed by atoms with Crippen molar-refractivity contribution < 1.29 is 19.5 Å². The standard InChI is InChI=1S/C32H30N2O4/c35-30(33-22-24-13-10-18-27(21-24)32(37)38)28(20-19-23-11-4-1-5-12-23)34-31(36)29(25-14-6-2-7-15-25)26-16-8-3-9-17-26/h1-18,21,28-29H,19-20,22H2,(H,33,35)(H,34,36)(H,37,38). The first-order valence-electron chi connectivity index (χ1n) is 12.6. The molecule has 0 aliphatic heterocycles. The zero-order chi connectivity index (χ0) is 26.7. The van der Waals surface area contributed by atoms with E-state index in [1.807, 2.05) is 91.0 Å². The van der Waals surface area contributed by atoms with Crippen molar-refractivity contribution in [2.75, 3.05) is 0 Å². The number of hydrogen-bond acceptors (Lipinski definition) is 3. The number of carbonyl (C=O) groups is 3. The third-order valence-electron chi connectivity index (χ3n) is 6.37.